The van der Waals surface area contributed by atoms with Gasteiger partial charge in [-0.25, -0.2) is 4.79 Å². The first kappa shape index (κ1) is 34.9. The maximum atomic E-state index is 12.1. The minimum absolute atomic E-state index is 0.0447. The molecule has 0 bridgehead atoms. The van der Waals surface area contributed by atoms with Crippen LogP contribution >= 0.6 is 12.6 Å². The van der Waals surface area contributed by atoms with Gasteiger partial charge in [0.15, 0.2) is 0 Å². The number of carboxylic acids is 2. The third kappa shape index (κ3) is 21.7. The number of amides is 2. The molecule has 4 N–H and O–H groups in total. The van der Waals surface area contributed by atoms with E-state index >= 15 is 0 Å². The lowest BCUT2D eigenvalue weighted by atomic mass is 10.0. The van der Waals surface area contributed by atoms with Gasteiger partial charge in [0.05, 0.1) is 6.04 Å². The predicted molar refractivity (Wildman–Crippen MR) is 147 cm³/mol. The Morgan fingerprint density at radius 3 is 1.35 bits per heavy atom. The van der Waals surface area contributed by atoms with Crippen molar-refractivity contribution in [2.45, 2.75) is 141 Å². The molecule has 0 fully saturated rings. The van der Waals surface area contributed by atoms with Crippen molar-refractivity contribution in [1.29, 1.82) is 0 Å². The lowest BCUT2D eigenvalue weighted by Gasteiger charge is -2.16. The first-order valence-corrected chi connectivity index (χ1v) is 14.4. The summed E-state index contributed by atoms with van der Waals surface area (Å²) < 4.78 is 0. The Balaban J connectivity index is 3.73. The van der Waals surface area contributed by atoms with Gasteiger partial charge in [0, 0.05) is 19.3 Å². The molecule has 9 nitrogen and oxygen atoms in total. The van der Waals surface area contributed by atoms with Gasteiger partial charge in [0.2, 0.25) is 16.9 Å². The third-order valence-corrected chi connectivity index (χ3v) is 6.69. The highest BCUT2D eigenvalue weighted by Gasteiger charge is 2.22. The molecule has 214 valence electrons. The molecule has 0 aliphatic rings. The monoisotopic (exact) mass is 544 g/mol. The van der Waals surface area contributed by atoms with Crippen molar-refractivity contribution in [3.63, 3.8) is 0 Å². The zero-order valence-corrected chi connectivity index (χ0v) is 23.4. The van der Waals surface area contributed by atoms with Crippen LogP contribution in [0.2, 0.25) is 0 Å². The number of carbonyl (C=O) groups excluding carboxylic acids is 3. The number of hydrogen-bond donors (Lipinski definition) is 5. The molecule has 0 spiro atoms. The molecule has 0 aromatic carbocycles. The Morgan fingerprint density at radius 2 is 0.973 bits per heavy atom. The lowest BCUT2D eigenvalue weighted by Crippen LogP contribution is -2.43. The van der Waals surface area contributed by atoms with E-state index < -0.39 is 35.0 Å². The Labute approximate surface area is 227 Å². The number of rotatable bonds is 25. The average molecular weight is 545 g/mol. The van der Waals surface area contributed by atoms with Crippen LogP contribution in [0.1, 0.15) is 129 Å². The second kappa shape index (κ2) is 23.0. The molecule has 10 heteroatoms. The standard InChI is InChI=1S/C27H48N2O7S/c1-2-21(27(36)37)28-24(31)20-19-22(26(34)35)29-23(30)17-15-13-11-9-7-5-3-4-6-8-10-12-14-16-18-25(32)33/h21-22H,2-20H2,1H3,(H,28,31)(H,29,30)(H,32,33)(H,34,35)(H,36,37)/t21?,22-/m0/s1. The maximum Gasteiger partial charge on any atom is 0.326 e. The van der Waals surface area contributed by atoms with Crippen LogP contribution in [-0.2, 0) is 24.0 Å². The second-order valence-electron chi connectivity index (χ2n) is 9.71. The molecule has 0 saturated heterocycles. The summed E-state index contributed by atoms with van der Waals surface area (Å²) in [7, 11) is 0. The van der Waals surface area contributed by atoms with E-state index in [4.69, 9.17) is 5.11 Å². The highest BCUT2D eigenvalue weighted by molar-refractivity contribution is 7.96. The lowest BCUT2D eigenvalue weighted by molar-refractivity contribution is -0.142. The summed E-state index contributed by atoms with van der Waals surface area (Å²) in [6.07, 6.45) is 16.0. The van der Waals surface area contributed by atoms with E-state index in [0.717, 1.165) is 38.5 Å². The molecule has 37 heavy (non-hydrogen) atoms. The summed E-state index contributed by atoms with van der Waals surface area (Å²) >= 11 is 3.71. The molecule has 0 radical (unpaired) electrons. The first-order chi connectivity index (χ1) is 17.7. The van der Waals surface area contributed by atoms with E-state index in [0.29, 0.717) is 12.8 Å². The number of carboxylic acid groups (broad SMARTS) is 2. The highest BCUT2D eigenvalue weighted by atomic mass is 32.1. The summed E-state index contributed by atoms with van der Waals surface area (Å²) in [6.45, 7) is 1.74. The number of aliphatic carboxylic acids is 2. The number of unbranched alkanes of at least 4 members (excludes halogenated alkanes) is 13. The third-order valence-electron chi connectivity index (χ3n) is 6.38. The van der Waals surface area contributed by atoms with E-state index in [-0.39, 0.29) is 31.6 Å². The van der Waals surface area contributed by atoms with Crippen LogP contribution in [0.3, 0.4) is 0 Å². The van der Waals surface area contributed by atoms with Crippen molar-refractivity contribution < 1.29 is 34.2 Å². The number of hydrogen-bond acceptors (Lipinski definition) is 5. The van der Waals surface area contributed by atoms with Gasteiger partial charge in [-0.05, 0) is 25.7 Å². The summed E-state index contributed by atoms with van der Waals surface area (Å²) in [5.41, 5.74) is 0. The molecule has 1 unspecified atom stereocenters. The van der Waals surface area contributed by atoms with Crippen LogP contribution in [0.15, 0.2) is 0 Å². The van der Waals surface area contributed by atoms with Crippen molar-refractivity contribution >= 4 is 41.5 Å². The van der Waals surface area contributed by atoms with Gasteiger partial charge in [-0.2, -0.15) is 0 Å². The molecule has 0 heterocycles. The summed E-state index contributed by atoms with van der Waals surface area (Å²) in [6, 6.07) is -1.84. The molecule has 2 atom stereocenters. The summed E-state index contributed by atoms with van der Waals surface area (Å²) in [5, 5.41) is 22.5. The Kier molecular flexibility index (Phi) is 21.7. The smallest absolute Gasteiger partial charge is 0.326 e. The van der Waals surface area contributed by atoms with Crippen LogP contribution in [-0.4, -0.2) is 51.2 Å². The topological polar surface area (TPSA) is 150 Å². The van der Waals surface area contributed by atoms with Crippen molar-refractivity contribution in [3.05, 3.63) is 0 Å². The minimum atomic E-state index is -1.19. The van der Waals surface area contributed by atoms with Gasteiger partial charge in [-0.3, -0.25) is 19.2 Å². The Bertz CT molecular complexity index is 688. The molecule has 0 aromatic rings. The molecule has 2 amide bonds. The Morgan fingerprint density at radius 1 is 0.595 bits per heavy atom. The van der Waals surface area contributed by atoms with Gasteiger partial charge < -0.3 is 20.8 Å². The highest BCUT2D eigenvalue weighted by Crippen LogP contribution is 2.14. The van der Waals surface area contributed by atoms with E-state index in [1.165, 1.54) is 44.9 Å². The predicted octanol–water partition coefficient (Wildman–Crippen LogP) is 5.01. The van der Waals surface area contributed by atoms with Crippen LogP contribution in [0, 0.1) is 0 Å². The average Bonchev–Trinajstić information content (AvgIpc) is 2.84. The van der Waals surface area contributed by atoms with E-state index in [2.05, 4.69) is 23.3 Å². The summed E-state index contributed by atoms with van der Waals surface area (Å²) in [4.78, 5) is 57.2. The molecule has 0 aliphatic carbocycles. The molecule has 0 aromatic heterocycles. The Hall–Kier alpha value is -2.10. The zero-order valence-electron chi connectivity index (χ0n) is 22.5. The fourth-order valence-corrected chi connectivity index (χ4v) is 4.33. The van der Waals surface area contributed by atoms with Crippen molar-refractivity contribution in [2.75, 3.05) is 0 Å². The first-order valence-electron chi connectivity index (χ1n) is 13.9. The molecular formula is C27H48N2O7S. The quantitative estimate of drug-likeness (QED) is 0.0800. The largest absolute Gasteiger partial charge is 0.481 e. The maximum absolute atomic E-state index is 12.1. The van der Waals surface area contributed by atoms with Gasteiger partial charge in [-0.1, -0.05) is 84.0 Å². The van der Waals surface area contributed by atoms with Crippen LogP contribution in [0.4, 0.5) is 0 Å². The van der Waals surface area contributed by atoms with Crippen LogP contribution in [0.25, 0.3) is 0 Å². The van der Waals surface area contributed by atoms with Crippen molar-refractivity contribution in [2.24, 2.45) is 0 Å². The number of nitrogens with one attached hydrogen (secondary N) is 2. The van der Waals surface area contributed by atoms with E-state index in [9.17, 15) is 29.1 Å². The SMILES string of the molecule is CCC(NC(=O)CC[C@H](NC(=O)CCCCCCCCCCCCCCCCC(=O)O)C(=O)O)C(=O)S. The van der Waals surface area contributed by atoms with Crippen molar-refractivity contribution in [1.82, 2.24) is 10.6 Å². The molecule has 0 saturated carbocycles. The number of thiol groups is 1. The number of carbonyl (C=O) groups is 5. The molecule has 0 aliphatic heterocycles. The fraction of sp³-hybridized carbons (Fsp3) is 0.815. The van der Waals surface area contributed by atoms with Gasteiger partial charge in [0.1, 0.15) is 6.04 Å². The van der Waals surface area contributed by atoms with E-state index in [1.807, 2.05) is 0 Å². The van der Waals surface area contributed by atoms with Crippen LogP contribution in [0.5, 0.6) is 0 Å². The van der Waals surface area contributed by atoms with Crippen LogP contribution < -0.4 is 10.6 Å². The molecular weight excluding hydrogens is 496 g/mol. The van der Waals surface area contributed by atoms with Gasteiger partial charge in [0.25, 0.3) is 0 Å². The fourth-order valence-electron chi connectivity index (χ4n) is 4.09. The van der Waals surface area contributed by atoms with E-state index in [1.54, 1.807) is 6.92 Å². The zero-order chi connectivity index (χ0) is 27.9. The van der Waals surface area contributed by atoms with Gasteiger partial charge >= 0.3 is 11.9 Å². The minimum Gasteiger partial charge on any atom is -0.481 e. The summed E-state index contributed by atoms with van der Waals surface area (Å²) in [5.74, 6) is -2.67. The van der Waals surface area contributed by atoms with Crippen molar-refractivity contribution in [3.8, 4) is 0 Å². The van der Waals surface area contributed by atoms with Gasteiger partial charge in [-0.15, -0.1) is 12.6 Å². The normalized spacial score (nSPS) is 12.5. The second-order valence-corrected chi connectivity index (χ2v) is 10.1. The molecule has 0 rings (SSSR count).